The highest BCUT2D eigenvalue weighted by Crippen LogP contribution is 2.17. The molecule has 174 valence electrons. The molecule has 1 aromatic carbocycles. The molecule has 0 radical (unpaired) electrons. The van der Waals surface area contributed by atoms with Gasteiger partial charge in [0.2, 0.25) is 0 Å². The number of carboxylic acids is 1. The molecule has 31 heavy (non-hydrogen) atoms. The predicted octanol–water partition coefficient (Wildman–Crippen LogP) is 2.35. The van der Waals surface area contributed by atoms with Crippen LogP contribution in [0.5, 0.6) is 0 Å². The molecule has 0 saturated carbocycles. The van der Waals surface area contributed by atoms with Crippen LogP contribution >= 0.6 is 0 Å². The van der Waals surface area contributed by atoms with Crippen molar-refractivity contribution in [2.45, 2.75) is 52.4 Å². The lowest BCUT2D eigenvalue weighted by atomic mass is 9.94. The molecular formula is C23H40N6O2. The van der Waals surface area contributed by atoms with E-state index < -0.39 is 5.97 Å². The van der Waals surface area contributed by atoms with Crippen molar-refractivity contribution >= 4 is 17.4 Å². The summed E-state index contributed by atoms with van der Waals surface area (Å²) in [4.78, 5) is 9.97. The van der Waals surface area contributed by atoms with Crippen LogP contribution in [0.25, 0.3) is 5.57 Å². The van der Waals surface area contributed by atoms with Crippen LogP contribution in [0.1, 0.15) is 56.6 Å². The van der Waals surface area contributed by atoms with Crippen molar-refractivity contribution in [3.8, 4) is 0 Å². The van der Waals surface area contributed by atoms with Crippen molar-refractivity contribution in [3.63, 3.8) is 0 Å². The van der Waals surface area contributed by atoms with Gasteiger partial charge in [-0.2, -0.15) is 5.10 Å². The van der Waals surface area contributed by atoms with Gasteiger partial charge < -0.3 is 27.0 Å². The molecule has 1 aromatic rings. The van der Waals surface area contributed by atoms with Crippen molar-refractivity contribution < 1.29 is 9.90 Å². The number of piperidine rings is 1. The van der Waals surface area contributed by atoms with Crippen LogP contribution in [0.15, 0.2) is 35.4 Å². The van der Waals surface area contributed by atoms with Crippen LogP contribution < -0.4 is 27.7 Å². The Bertz CT molecular complexity index is 679. The average Bonchev–Trinajstić information content (AvgIpc) is 3.32. The van der Waals surface area contributed by atoms with Gasteiger partial charge in [-0.05, 0) is 49.9 Å². The largest absolute Gasteiger partial charge is 0.481 e. The van der Waals surface area contributed by atoms with Crippen LogP contribution in [-0.2, 0) is 4.79 Å². The molecule has 0 spiro atoms. The summed E-state index contributed by atoms with van der Waals surface area (Å²) in [7, 11) is 0. The van der Waals surface area contributed by atoms with Gasteiger partial charge in [-0.25, -0.2) is 5.84 Å². The summed E-state index contributed by atoms with van der Waals surface area (Å²) in [6.45, 7) is 8.94. The first kappa shape index (κ1) is 26.6. The van der Waals surface area contributed by atoms with Crippen LogP contribution in [-0.4, -0.2) is 43.1 Å². The smallest absolute Gasteiger partial charge is 0.303 e. The molecule has 0 unspecified atom stereocenters. The summed E-state index contributed by atoms with van der Waals surface area (Å²) >= 11 is 0. The average molecular weight is 433 g/mol. The van der Waals surface area contributed by atoms with E-state index in [2.05, 4.69) is 65.3 Å². The van der Waals surface area contributed by atoms with Crippen molar-refractivity contribution in [1.82, 2.24) is 16.1 Å². The predicted molar refractivity (Wildman–Crippen MR) is 128 cm³/mol. The molecule has 8 N–H and O–H groups in total. The number of hydrazone groups is 1. The third-order valence-corrected chi connectivity index (χ3v) is 5.28. The minimum Gasteiger partial charge on any atom is -0.481 e. The van der Waals surface area contributed by atoms with E-state index in [1.807, 2.05) is 0 Å². The fourth-order valence-corrected chi connectivity index (χ4v) is 3.44. The quantitative estimate of drug-likeness (QED) is 0.176. The number of hydrogen-bond acceptors (Lipinski definition) is 6. The van der Waals surface area contributed by atoms with Crippen molar-refractivity contribution in [1.29, 1.82) is 0 Å². The molecule has 1 fully saturated rings. The Balaban J connectivity index is 0.000000236. The monoisotopic (exact) mass is 432 g/mol. The molecular weight excluding hydrogens is 392 g/mol. The number of rotatable bonds is 6. The number of carbonyl (C=O) groups is 1. The summed E-state index contributed by atoms with van der Waals surface area (Å²) in [5.41, 5.74) is 6.27. The number of amidine groups is 1. The molecule has 0 amide bonds. The van der Waals surface area contributed by atoms with Crippen molar-refractivity contribution in [3.05, 3.63) is 41.5 Å². The second kappa shape index (κ2) is 16.3. The van der Waals surface area contributed by atoms with E-state index in [0.717, 1.165) is 19.0 Å². The van der Waals surface area contributed by atoms with Gasteiger partial charge >= 0.3 is 5.97 Å². The molecule has 2 aliphatic heterocycles. The van der Waals surface area contributed by atoms with E-state index in [-0.39, 0.29) is 18.7 Å². The van der Waals surface area contributed by atoms with Crippen LogP contribution in [0.3, 0.4) is 0 Å². The maximum absolute atomic E-state index is 9.97. The normalized spacial score (nSPS) is 16.4. The van der Waals surface area contributed by atoms with E-state index in [4.69, 9.17) is 16.8 Å². The van der Waals surface area contributed by atoms with Crippen molar-refractivity contribution in [2.24, 2.45) is 22.7 Å². The summed E-state index contributed by atoms with van der Waals surface area (Å²) in [6, 6.07) is 8.70. The van der Waals surface area contributed by atoms with Gasteiger partial charge in [0.05, 0.1) is 6.42 Å². The number of hydrazine groups is 1. The third kappa shape index (κ3) is 12.1. The molecule has 1 saturated heterocycles. The first-order valence-corrected chi connectivity index (χ1v) is 11.1. The number of carboxylic acid groups (broad SMARTS) is 1. The van der Waals surface area contributed by atoms with E-state index in [0.29, 0.717) is 0 Å². The number of hydrogen-bond donors (Lipinski definition) is 6. The van der Waals surface area contributed by atoms with Crippen LogP contribution in [0, 0.1) is 12.8 Å². The fraction of sp³-hybridized carbons (Fsp3) is 0.565. The first-order chi connectivity index (χ1) is 15.0. The lowest BCUT2D eigenvalue weighted by Gasteiger charge is -2.21. The van der Waals surface area contributed by atoms with Crippen molar-refractivity contribution in [2.75, 3.05) is 26.2 Å². The molecule has 8 heteroatoms. The Morgan fingerprint density at radius 1 is 1.19 bits per heavy atom. The number of nitrogens with one attached hydrogen (secondary N) is 3. The van der Waals surface area contributed by atoms with Gasteiger partial charge in [0.15, 0.2) is 0 Å². The van der Waals surface area contributed by atoms with Gasteiger partial charge in [-0.15, -0.1) is 0 Å². The van der Waals surface area contributed by atoms with Gasteiger partial charge in [-0.1, -0.05) is 55.7 Å². The van der Waals surface area contributed by atoms with Gasteiger partial charge in [0.1, 0.15) is 5.84 Å². The summed E-state index contributed by atoms with van der Waals surface area (Å²) in [6.07, 6.45) is 8.08. The molecule has 8 nitrogen and oxygen atoms in total. The number of aryl methyl sites for hydroxylation is 1. The Hall–Kier alpha value is -2.42. The zero-order chi connectivity index (χ0) is 22.9. The third-order valence-electron chi connectivity index (χ3n) is 5.28. The SMILES string of the molecule is CCCC1CCNCC1.Cc1ccc(C2=CCNC2)cc1.N/N=C(/CCC(=O)O)NN. The molecule has 2 heterocycles. The lowest BCUT2D eigenvalue weighted by Crippen LogP contribution is -2.31. The summed E-state index contributed by atoms with van der Waals surface area (Å²) in [5.74, 6) is 10.1. The number of aliphatic carboxylic acids is 1. The molecule has 3 rings (SSSR count). The Morgan fingerprint density at radius 3 is 2.35 bits per heavy atom. The molecule has 0 aliphatic carbocycles. The van der Waals surface area contributed by atoms with E-state index in [1.165, 1.54) is 55.5 Å². The minimum atomic E-state index is -0.906. The highest BCUT2D eigenvalue weighted by atomic mass is 16.4. The standard InChI is InChI=1S/C11H13N.C8H17N.C4H10N4O2/c1-9-2-4-10(5-3-9)11-6-7-12-8-11;1-2-3-8-4-6-9-7-5-8;5-7-3(8-6)1-2-4(9)10/h2-6,12H,7-8H2,1H3;8-9H,2-7H2,1H3;1-2,5-6H2,(H,7,8)(H,9,10). The minimum absolute atomic E-state index is 0.0275. The number of nitrogens with zero attached hydrogens (tertiary/aromatic N) is 1. The maximum Gasteiger partial charge on any atom is 0.303 e. The first-order valence-electron chi connectivity index (χ1n) is 11.1. The zero-order valence-electron chi connectivity index (χ0n) is 19.0. The Morgan fingerprint density at radius 2 is 1.87 bits per heavy atom. The van der Waals surface area contributed by atoms with Gasteiger partial charge in [0, 0.05) is 19.5 Å². The van der Waals surface area contributed by atoms with Crippen LogP contribution in [0.2, 0.25) is 0 Å². The van der Waals surface area contributed by atoms with E-state index in [1.54, 1.807) is 0 Å². The van der Waals surface area contributed by atoms with E-state index in [9.17, 15) is 4.79 Å². The fourth-order valence-electron chi connectivity index (χ4n) is 3.44. The Kier molecular flexibility index (Phi) is 14.0. The molecule has 0 aromatic heterocycles. The van der Waals surface area contributed by atoms with E-state index >= 15 is 0 Å². The molecule has 0 bridgehead atoms. The zero-order valence-corrected chi connectivity index (χ0v) is 19.0. The molecule has 2 aliphatic rings. The second-order valence-corrected chi connectivity index (χ2v) is 7.82. The lowest BCUT2D eigenvalue weighted by molar-refractivity contribution is -0.136. The summed E-state index contributed by atoms with van der Waals surface area (Å²) in [5, 5.41) is 18.1. The van der Waals surface area contributed by atoms with Gasteiger partial charge in [-0.3, -0.25) is 4.79 Å². The maximum atomic E-state index is 9.97. The highest BCUT2D eigenvalue weighted by Gasteiger charge is 2.10. The summed E-state index contributed by atoms with van der Waals surface area (Å²) < 4.78 is 0. The molecule has 0 atom stereocenters. The number of benzene rings is 1. The topological polar surface area (TPSA) is 138 Å². The van der Waals surface area contributed by atoms with Crippen LogP contribution in [0.4, 0.5) is 0 Å². The number of nitrogens with two attached hydrogens (primary N) is 2. The highest BCUT2D eigenvalue weighted by molar-refractivity contribution is 5.84. The van der Waals surface area contributed by atoms with Gasteiger partial charge in [0.25, 0.3) is 0 Å². The Labute approximate surface area is 186 Å². The second-order valence-electron chi connectivity index (χ2n) is 7.82.